The standard InChI is InChI=1S/C18H12Cl2N2/c19-14-6-5-11(7-15(14)20)8-18-21-16-9-12-3-1-2-4-13(12)10-17(16)22-18/h1-7,9-10H,8H2,(H,21,22). The molecule has 0 aliphatic carbocycles. The van der Waals surface area contributed by atoms with Gasteiger partial charge in [0.05, 0.1) is 21.1 Å². The van der Waals surface area contributed by atoms with Gasteiger partial charge in [-0.3, -0.25) is 0 Å². The van der Waals surface area contributed by atoms with Gasteiger partial charge in [0.15, 0.2) is 0 Å². The number of hydrogen-bond donors (Lipinski definition) is 1. The summed E-state index contributed by atoms with van der Waals surface area (Å²) >= 11 is 12.0. The molecule has 1 heterocycles. The number of nitrogens with zero attached hydrogens (tertiary/aromatic N) is 1. The average molecular weight is 327 g/mol. The molecule has 0 saturated heterocycles. The molecule has 4 heteroatoms. The molecule has 0 spiro atoms. The number of aromatic amines is 1. The van der Waals surface area contributed by atoms with Crippen LogP contribution < -0.4 is 0 Å². The Hall–Kier alpha value is -2.03. The van der Waals surface area contributed by atoms with Crippen LogP contribution in [0.5, 0.6) is 0 Å². The lowest BCUT2D eigenvalue weighted by Gasteiger charge is -2.00. The molecule has 0 amide bonds. The number of halogens is 2. The van der Waals surface area contributed by atoms with Crippen LogP contribution in [-0.4, -0.2) is 9.97 Å². The molecule has 0 atom stereocenters. The zero-order valence-corrected chi connectivity index (χ0v) is 13.1. The fraction of sp³-hybridized carbons (Fsp3) is 0.0556. The smallest absolute Gasteiger partial charge is 0.111 e. The van der Waals surface area contributed by atoms with Gasteiger partial charge in [-0.2, -0.15) is 0 Å². The minimum atomic E-state index is 0.570. The lowest BCUT2D eigenvalue weighted by Crippen LogP contribution is -1.90. The molecule has 4 rings (SSSR count). The number of rotatable bonds is 2. The van der Waals surface area contributed by atoms with Gasteiger partial charge in [-0.15, -0.1) is 0 Å². The third-order valence-corrected chi connectivity index (χ3v) is 4.49. The third-order valence-electron chi connectivity index (χ3n) is 3.75. The Morgan fingerprint density at radius 1 is 0.864 bits per heavy atom. The van der Waals surface area contributed by atoms with Gasteiger partial charge in [-0.05, 0) is 40.6 Å². The van der Waals surface area contributed by atoms with E-state index >= 15 is 0 Å². The van der Waals surface area contributed by atoms with Crippen molar-refractivity contribution < 1.29 is 0 Å². The highest BCUT2D eigenvalue weighted by molar-refractivity contribution is 6.42. The summed E-state index contributed by atoms with van der Waals surface area (Å²) in [6, 6.07) is 18.2. The zero-order valence-electron chi connectivity index (χ0n) is 11.6. The van der Waals surface area contributed by atoms with E-state index < -0.39 is 0 Å². The molecule has 0 bridgehead atoms. The van der Waals surface area contributed by atoms with Crippen LogP contribution in [0.2, 0.25) is 10.0 Å². The van der Waals surface area contributed by atoms with E-state index in [1.807, 2.05) is 30.3 Å². The second-order valence-electron chi connectivity index (χ2n) is 5.33. The molecule has 0 radical (unpaired) electrons. The minimum Gasteiger partial charge on any atom is -0.342 e. The van der Waals surface area contributed by atoms with Gasteiger partial charge in [-0.1, -0.05) is 53.5 Å². The van der Waals surface area contributed by atoms with Crippen LogP contribution in [0.15, 0.2) is 54.6 Å². The summed E-state index contributed by atoms with van der Waals surface area (Å²) in [6.07, 6.45) is 0.696. The normalized spacial score (nSPS) is 11.4. The van der Waals surface area contributed by atoms with Gasteiger partial charge in [0, 0.05) is 6.42 Å². The van der Waals surface area contributed by atoms with Crippen LogP contribution in [0.25, 0.3) is 21.8 Å². The van der Waals surface area contributed by atoms with Crippen LogP contribution >= 0.6 is 23.2 Å². The van der Waals surface area contributed by atoms with Crippen LogP contribution in [0.4, 0.5) is 0 Å². The molecule has 108 valence electrons. The first-order valence-corrected chi connectivity index (χ1v) is 7.76. The first-order valence-electron chi connectivity index (χ1n) is 7.00. The molecule has 0 unspecified atom stereocenters. The van der Waals surface area contributed by atoms with E-state index in [0.717, 1.165) is 22.4 Å². The second kappa shape index (κ2) is 5.31. The highest BCUT2D eigenvalue weighted by Gasteiger charge is 2.07. The number of aromatic nitrogens is 2. The maximum atomic E-state index is 6.07. The summed E-state index contributed by atoms with van der Waals surface area (Å²) in [5, 5.41) is 3.55. The number of fused-ring (bicyclic) bond motifs is 2. The highest BCUT2D eigenvalue weighted by atomic mass is 35.5. The molecular weight excluding hydrogens is 315 g/mol. The van der Waals surface area contributed by atoms with Gasteiger partial charge in [0.2, 0.25) is 0 Å². The summed E-state index contributed by atoms with van der Waals surface area (Å²) in [7, 11) is 0. The van der Waals surface area contributed by atoms with Crippen molar-refractivity contribution in [1.29, 1.82) is 0 Å². The highest BCUT2D eigenvalue weighted by Crippen LogP contribution is 2.25. The number of imidazole rings is 1. The molecule has 4 aromatic rings. The maximum absolute atomic E-state index is 6.07. The van der Waals surface area contributed by atoms with E-state index in [9.17, 15) is 0 Å². The summed E-state index contributed by atoms with van der Waals surface area (Å²) in [6.45, 7) is 0. The number of benzene rings is 3. The summed E-state index contributed by atoms with van der Waals surface area (Å²) in [5.74, 6) is 0.920. The average Bonchev–Trinajstić information content (AvgIpc) is 2.89. The number of H-pyrrole nitrogens is 1. The molecule has 0 fully saturated rings. The largest absolute Gasteiger partial charge is 0.342 e. The molecule has 3 aromatic carbocycles. The van der Waals surface area contributed by atoms with Gasteiger partial charge in [0.1, 0.15) is 5.82 Å². The Labute approximate surface area is 137 Å². The van der Waals surface area contributed by atoms with Crippen molar-refractivity contribution in [3.05, 3.63) is 76.0 Å². The first-order chi connectivity index (χ1) is 10.7. The Balaban J connectivity index is 1.75. The SMILES string of the molecule is Clc1ccc(Cc2nc3cc4ccccc4cc3[nH]2)cc1Cl. The van der Waals surface area contributed by atoms with Gasteiger partial charge >= 0.3 is 0 Å². The molecular formula is C18H12Cl2N2. The summed E-state index contributed by atoms with van der Waals surface area (Å²) in [4.78, 5) is 8.06. The topological polar surface area (TPSA) is 28.7 Å². The molecule has 1 N–H and O–H groups in total. The predicted octanol–water partition coefficient (Wildman–Crippen LogP) is 5.61. The first kappa shape index (κ1) is 13.6. The molecule has 22 heavy (non-hydrogen) atoms. The van der Waals surface area contributed by atoms with Crippen LogP contribution in [0.1, 0.15) is 11.4 Å². The van der Waals surface area contributed by atoms with Gasteiger partial charge < -0.3 is 4.98 Å². The fourth-order valence-electron chi connectivity index (χ4n) is 2.68. The van der Waals surface area contributed by atoms with E-state index in [0.29, 0.717) is 16.5 Å². The van der Waals surface area contributed by atoms with E-state index in [4.69, 9.17) is 23.2 Å². The van der Waals surface area contributed by atoms with E-state index in [2.05, 4.69) is 34.2 Å². The van der Waals surface area contributed by atoms with Crippen molar-refractivity contribution in [2.45, 2.75) is 6.42 Å². The fourth-order valence-corrected chi connectivity index (χ4v) is 3.00. The Bertz CT molecular complexity index is 936. The van der Waals surface area contributed by atoms with Crippen LogP contribution in [-0.2, 0) is 6.42 Å². The van der Waals surface area contributed by atoms with Crippen LogP contribution in [0, 0.1) is 0 Å². The van der Waals surface area contributed by atoms with Crippen molar-refractivity contribution >= 4 is 45.0 Å². The zero-order chi connectivity index (χ0) is 15.1. The minimum absolute atomic E-state index is 0.570. The molecule has 1 aromatic heterocycles. The molecule has 0 aliphatic heterocycles. The maximum Gasteiger partial charge on any atom is 0.111 e. The van der Waals surface area contributed by atoms with E-state index in [1.54, 1.807) is 0 Å². The third kappa shape index (κ3) is 2.45. The molecule has 0 saturated carbocycles. The number of nitrogens with one attached hydrogen (secondary N) is 1. The predicted molar refractivity (Wildman–Crippen MR) is 92.9 cm³/mol. The Kier molecular flexibility index (Phi) is 3.29. The van der Waals surface area contributed by atoms with E-state index in [-0.39, 0.29) is 0 Å². The summed E-state index contributed by atoms with van der Waals surface area (Å²) < 4.78 is 0. The molecule has 0 aliphatic rings. The van der Waals surface area contributed by atoms with Crippen molar-refractivity contribution in [2.24, 2.45) is 0 Å². The Morgan fingerprint density at radius 2 is 1.64 bits per heavy atom. The van der Waals surface area contributed by atoms with E-state index in [1.165, 1.54) is 10.8 Å². The van der Waals surface area contributed by atoms with Crippen molar-refractivity contribution in [1.82, 2.24) is 9.97 Å². The van der Waals surface area contributed by atoms with Gasteiger partial charge in [-0.25, -0.2) is 4.98 Å². The monoisotopic (exact) mass is 326 g/mol. The lowest BCUT2D eigenvalue weighted by molar-refractivity contribution is 1.04. The lowest BCUT2D eigenvalue weighted by atomic mass is 10.1. The van der Waals surface area contributed by atoms with Crippen molar-refractivity contribution in [3.63, 3.8) is 0 Å². The van der Waals surface area contributed by atoms with Crippen LogP contribution in [0.3, 0.4) is 0 Å². The molecule has 2 nitrogen and oxygen atoms in total. The number of hydrogen-bond acceptors (Lipinski definition) is 1. The van der Waals surface area contributed by atoms with Gasteiger partial charge in [0.25, 0.3) is 0 Å². The van der Waals surface area contributed by atoms with Crippen molar-refractivity contribution in [2.75, 3.05) is 0 Å². The Morgan fingerprint density at radius 3 is 2.41 bits per heavy atom. The summed E-state index contributed by atoms with van der Waals surface area (Å²) in [5.41, 5.74) is 3.11. The van der Waals surface area contributed by atoms with Crippen molar-refractivity contribution in [3.8, 4) is 0 Å². The second-order valence-corrected chi connectivity index (χ2v) is 6.14. The quantitative estimate of drug-likeness (QED) is 0.509.